The van der Waals surface area contributed by atoms with Crippen molar-refractivity contribution in [1.29, 1.82) is 5.26 Å². The van der Waals surface area contributed by atoms with Crippen molar-refractivity contribution < 1.29 is 14.0 Å². The third kappa shape index (κ3) is 4.89. The molecule has 0 atom stereocenters. The van der Waals surface area contributed by atoms with Gasteiger partial charge in [-0.2, -0.15) is 5.26 Å². The zero-order valence-electron chi connectivity index (χ0n) is 13.7. The number of hydrogen-bond donors (Lipinski definition) is 0. The Hall–Kier alpha value is -3.72. The molecule has 1 heterocycles. The van der Waals surface area contributed by atoms with Crippen LogP contribution in [0, 0.1) is 17.1 Å². The summed E-state index contributed by atoms with van der Waals surface area (Å²) in [5.74, 6) is 0.709. The van der Waals surface area contributed by atoms with Crippen molar-refractivity contribution in [2.45, 2.75) is 6.61 Å². The first-order valence-electron chi connectivity index (χ1n) is 7.77. The predicted molar refractivity (Wildman–Crippen MR) is 94.3 cm³/mol. The zero-order valence-corrected chi connectivity index (χ0v) is 13.7. The average Bonchev–Trinajstić information content (AvgIpc) is 2.67. The molecule has 0 N–H and O–H groups in total. The molecule has 0 saturated heterocycles. The number of ether oxygens (including phenoxy) is 1. The van der Waals surface area contributed by atoms with Gasteiger partial charge in [0.1, 0.15) is 18.2 Å². The summed E-state index contributed by atoms with van der Waals surface area (Å²) in [6, 6.07) is 18.4. The first kappa shape index (κ1) is 17.1. The van der Waals surface area contributed by atoms with Crippen LogP contribution >= 0.6 is 0 Å². The Morgan fingerprint density at radius 2 is 1.96 bits per heavy atom. The molecule has 26 heavy (non-hydrogen) atoms. The normalized spacial score (nSPS) is 10.5. The third-order valence-electron chi connectivity index (χ3n) is 3.36. The molecule has 6 heteroatoms. The molecule has 2 aromatic carbocycles. The molecule has 1 aromatic heterocycles. The smallest absolute Gasteiger partial charge is 0.219 e. The van der Waals surface area contributed by atoms with Crippen molar-refractivity contribution in [3.05, 3.63) is 89.4 Å². The summed E-state index contributed by atoms with van der Waals surface area (Å²) in [7, 11) is 0. The van der Waals surface area contributed by atoms with Gasteiger partial charge in [0, 0.05) is 17.8 Å². The number of benzene rings is 2. The van der Waals surface area contributed by atoms with Gasteiger partial charge in [-0.15, -0.1) is 0 Å². The molecule has 0 unspecified atom stereocenters. The maximum atomic E-state index is 13.0. The van der Waals surface area contributed by atoms with Crippen LogP contribution in [0.15, 0.2) is 72.0 Å². The van der Waals surface area contributed by atoms with E-state index in [-0.39, 0.29) is 12.4 Å². The molecule has 0 amide bonds. The molecule has 0 spiro atoms. The van der Waals surface area contributed by atoms with Gasteiger partial charge < -0.3 is 9.57 Å². The lowest BCUT2D eigenvalue weighted by atomic mass is 10.2. The second kappa shape index (κ2) is 8.40. The number of hydrogen-bond acceptors (Lipinski definition) is 5. The van der Waals surface area contributed by atoms with E-state index in [0.717, 1.165) is 5.56 Å². The number of aromatic nitrogens is 1. The average molecular weight is 347 g/mol. The Labute approximate surface area is 149 Å². The molecular formula is C20H14FN3O2. The van der Waals surface area contributed by atoms with Gasteiger partial charge in [0.2, 0.25) is 5.88 Å². The molecule has 0 bridgehead atoms. The van der Waals surface area contributed by atoms with Crippen molar-refractivity contribution in [3.63, 3.8) is 0 Å². The van der Waals surface area contributed by atoms with Crippen LogP contribution in [0.5, 0.6) is 11.6 Å². The lowest BCUT2D eigenvalue weighted by Gasteiger charge is -2.04. The van der Waals surface area contributed by atoms with Gasteiger partial charge in [-0.1, -0.05) is 17.3 Å². The van der Waals surface area contributed by atoms with E-state index in [1.165, 1.54) is 18.3 Å². The van der Waals surface area contributed by atoms with Crippen LogP contribution < -0.4 is 4.74 Å². The molecular weight excluding hydrogens is 333 g/mol. The maximum Gasteiger partial charge on any atom is 0.219 e. The predicted octanol–water partition coefficient (Wildman–Crippen LogP) is 4.44. The van der Waals surface area contributed by atoms with E-state index in [1.54, 1.807) is 54.7 Å². The fraction of sp³-hybridized carbons (Fsp3) is 0.0500. The van der Waals surface area contributed by atoms with Crippen molar-refractivity contribution in [1.82, 2.24) is 4.98 Å². The molecule has 3 rings (SSSR count). The number of nitriles is 1. The topological polar surface area (TPSA) is 67.5 Å². The van der Waals surface area contributed by atoms with Gasteiger partial charge >= 0.3 is 0 Å². The van der Waals surface area contributed by atoms with E-state index in [4.69, 9.17) is 14.8 Å². The molecule has 0 saturated carbocycles. The highest BCUT2D eigenvalue weighted by Gasteiger charge is 2.00. The fourth-order valence-electron chi connectivity index (χ4n) is 2.08. The van der Waals surface area contributed by atoms with Gasteiger partial charge in [-0.3, -0.25) is 0 Å². The van der Waals surface area contributed by atoms with Gasteiger partial charge in [0.25, 0.3) is 0 Å². The molecule has 0 aliphatic heterocycles. The molecule has 0 fully saturated rings. The molecule has 0 aliphatic rings. The lowest BCUT2D eigenvalue weighted by molar-refractivity contribution is 0.132. The molecule has 0 aliphatic carbocycles. The van der Waals surface area contributed by atoms with E-state index >= 15 is 0 Å². The second-order valence-electron chi connectivity index (χ2n) is 5.31. The van der Waals surface area contributed by atoms with Gasteiger partial charge in [-0.05, 0) is 48.0 Å². The number of rotatable bonds is 6. The standard InChI is InChI=1S/C20H14FN3O2/c21-18-3-1-2-16(10-18)14-25-24-13-17-6-9-20(23-12-17)26-19-7-4-15(11-22)5-8-19/h1-10,12-13H,14H2/b24-13+. The largest absolute Gasteiger partial charge is 0.439 e. The van der Waals surface area contributed by atoms with Crippen LogP contribution in [0.3, 0.4) is 0 Å². The van der Waals surface area contributed by atoms with Crippen LogP contribution in [0.4, 0.5) is 4.39 Å². The summed E-state index contributed by atoms with van der Waals surface area (Å²) in [4.78, 5) is 9.33. The minimum atomic E-state index is -0.308. The van der Waals surface area contributed by atoms with Crippen molar-refractivity contribution >= 4 is 6.21 Å². The summed E-state index contributed by atoms with van der Waals surface area (Å²) in [6.45, 7) is 0.182. The van der Waals surface area contributed by atoms with Crippen LogP contribution in [-0.2, 0) is 11.4 Å². The summed E-state index contributed by atoms with van der Waals surface area (Å²) >= 11 is 0. The highest BCUT2D eigenvalue weighted by atomic mass is 19.1. The van der Waals surface area contributed by atoms with Crippen molar-refractivity contribution in [3.8, 4) is 17.7 Å². The Kier molecular flexibility index (Phi) is 5.53. The van der Waals surface area contributed by atoms with E-state index in [0.29, 0.717) is 22.8 Å². The fourth-order valence-corrected chi connectivity index (χ4v) is 2.08. The number of pyridine rings is 1. The minimum absolute atomic E-state index is 0.182. The van der Waals surface area contributed by atoms with Crippen molar-refractivity contribution in [2.75, 3.05) is 0 Å². The second-order valence-corrected chi connectivity index (χ2v) is 5.31. The Bertz CT molecular complexity index is 933. The van der Waals surface area contributed by atoms with E-state index < -0.39 is 0 Å². The number of nitrogens with zero attached hydrogens (tertiary/aromatic N) is 3. The number of oxime groups is 1. The molecule has 128 valence electrons. The van der Waals surface area contributed by atoms with Crippen LogP contribution in [0.25, 0.3) is 0 Å². The Morgan fingerprint density at radius 3 is 2.65 bits per heavy atom. The summed E-state index contributed by atoms with van der Waals surface area (Å²) in [5.41, 5.74) is 2.00. The van der Waals surface area contributed by atoms with Gasteiger partial charge in [0.05, 0.1) is 17.8 Å². The molecule has 0 radical (unpaired) electrons. The van der Waals surface area contributed by atoms with Gasteiger partial charge in [-0.25, -0.2) is 9.37 Å². The van der Waals surface area contributed by atoms with Crippen LogP contribution in [-0.4, -0.2) is 11.2 Å². The lowest BCUT2D eigenvalue weighted by Crippen LogP contribution is -1.91. The quantitative estimate of drug-likeness (QED) is 0.488. The minimum Gasteiger partial charge on any atom is -0.439 e. The SMILES string of the molecule is N#Cc1ccc(Oc2ccc(/C=N/OCc3cccc(F)c3)cn2)cc1. The molecule has 3 aromatic rings. The van der Waals surface area contributed by atoms with E-state index in [9.17, 15) is 4.39 Å². The molecule has 5 nitrogen and oxygen atoms in total. The summed E-state index contributed by atoms with van der Waals surface area (Å²) < 4.78 is 18.6. The third-order valence-corrected chi connectivity index (χ3v) is 3.36. The summed E-state index contributed by atoms with van der Waals surface area (Å²) in [6.07, 6.45) is 3.10. The zero-order chi connectivity index (χ0) is 18.2. The first-order valence-corrected chi connectivity index (χ1v) is 7.77. The Morgan fingerprint density at radius 1 is 1.12 bits per heavy atom. The van der Waals surface area contributed by atoms with E-state index in [2.05, 4.69) is 10.1 Å². The number of halogens is 1. The van der Waals surface area contributed by atoms with Crippen LogP contribution in [0.2, 0.25) is 0 Å². The van der Waals surface area contributed by atoms with Gasteiger partial charge in [0.15, 0.2) is 0 Å². The monoisotopic (exact) mass is 347 g/mol. The first-order chi connectivity index (χ1) is 12.7. The van der Waals surface area contributed by atoms with E-state index in [1.807, 2.05) is 6.07 Å². The highest BCUT2D eigenvalue weighted by Crippen LogP contribution is 2.19. The highest BCUT2D eigenvalue weighted by molar-refractivity contribution is 5.78. The Balaban J connectivity index is 1.52. The van der Waals surface area contributed by atoms with Crippen molar-refractivity contribution in [2.24, 2.45) is 5.16 Å². The maximum absolute atomic E-state index is 13.0. The summed E-state index contributed by atoms with van der Waals surface area (Å²) in [5, 5.41) is 12.6. The van der Waals surface area contributed by atoms with Crippen LogP contribution in [0.1, 0.15) is 16.7 Å².